The van der Waals surface area contributed by atoms with Crippen LogP contribution in [0.15, 0.2) is 18.2 Å². The molecule has 2 amide bonds. The Hall–Kier alpha value is -1.95. The van der Waals surface area contributed by atoms with Gasteiger partial charge in [-0.25, -0.2) is 4.79 Å². The van der Waals surface area contributed by atoms with Crippen molar-refractivity contribution in [2.75, 3.05) is 32.7 Å². The van der Waals surface area contributed by atoms with Crippen LogP contribution >= 0.6 is 0 Å². The number of ether oxygens (including phenoxy) is 2. The number of amides is 2. The predicted molar refractivity (Wildman–Crippen MR) is 84.6 cm³/mol. The van der Waals surface area contributed by atoms with Crippen LogP contribution < -0.4 is 14.8 Å². The summed E-state index contributed by atoms with van der Waals surface area (Å²) in [5.41, 5.74) is 0.663. The molecule has 0 aliphatic carbocycles. The summed E-state index contributed by atoms with van der Waals surface area (Å²) in [4.78, 5) is 14.3. The fourth-order valence-electron chi connectivity index (χ4n) is 2.83. The molecule has 0 aromatic heterocycles. The van der Waals surface area contributed by atoms with Gasteiger partial charge in [-0.05, 0) is 37.8 Å². The van der Waals surface area contributed by atoms with E-state index in [1.165, 1.54) is 0 Å². The van der Waals surface area contributed by atoms with Crippen molar-refractivity contribution >= 4 is 11.7 Å². The summed E-state index contributed by atoms with van der Waals surface area (Å²) in [5, 5.41) is 12.0. The van der Waals surface area contributed by atoms with Gasteiger partial charge < -0.3 is 24.8 Å². The molecule has 1 atom stereocenters. The second-order valence-electron chi connectivity index (χ2n) is 5.36. The molecule has 1 heterocycles. The van der Waals surface area contributed by atoms with E-state index in [0.29, 0.717) is 23.6 Å². The highest BCUT2D eigenvalue weighted by Crippen LogP contribution is 2.30. The predicted octanol–water partition coefficient (Wildman–Crippen LogP) is 2.47. The number of hydrogen-bond acceptors (Lipinski definition) is 4. The SMILES string of the molecule is COc1ccc(NC(=O)N2CCCCC2CCO)cc1OC. The smallest absolute Gasteiger partial charge is 0.322 e. The van der Waals surface area contributed by atoms with Gasteiger partial charge in [0.15, 0.2) is 11.5 Å². The monoisotopic (exact) mass is 308 g/mol. The highest BCUT2D eigenvalue weighted by atomic mass is 16.5. The largest absolute Gasteiger partial charge is 0.493 e. The molecule has 122 valence electrons. The number of methoxy groups -OCH3 is 2. The van der Waals surface area contributed by atoms with Crippen molar-refractivity contribution in [3.63, 3.8) is 0 Å². The third-order valence-electron chi connectivity index (χ3n) is 3.99. The molecule has 0 spiro atoms. The zero-order valence-electron chi connectivity index (χ0n) is 13.2. The van der Waals surface area contributed by atoms with Crippen LogP contribution in [0.5, 0.6) is 11.5 Å². The maximum atomic E-state index is 12.5. The number of nitrogens with zero attached hydrogens (tertiary/aromatic N) is 1. The van der Waals surface area contributed by atoms with Crippen molar-refractivity contribution in [1.29, 1.82) is 0 Å². The Bertz CT molecular complexity index is 505. The van der Waals surface area contributed by atoms with Crippen LogP contribution in [-0.2, 0) is 0 Å². The number of urea groups is 1. The number of nitrogens with one attached hydrogen (secondary N) is 1. The van der Waals surface area contributed by atoms with Crippen LogP contribution in [0.4, 0.5) is 10.5 Å². The number of carbonyl (C=O) groups excluding carboxylic acids is 1. The molecule has 1 saturated heterocycles. The lowest BCUT2D eigenvalue weighted by Crippen LogP contribution is -2.46. The maximum Gasteiger partial charge on any atom is 0.322 e. The first-order chi connectivity index (χ1) is 10.7. The van der Waals surface area contributed by atoms with Crippen LogP contribution in [-0.4, -0.2) is 49.5 Å². The van der Waals surface area contributed by atoms with Gasteiger partial charge in [0.2, 0.25) is 0 Å². The zero-order valence-corrected chi connectivity index (χ0v) is 13.2. The average molecular weight is 308 g/mol. The highest BCUT2D eigenvalue weighted by molar-refractivity contribution is 5.90. The minimum absolute atomic E-state index is 0.102. The molecule has 2 N–H and O–H groups in total. The Kier molecular flexibility index (Phi) is 5.89. The van der Waals surface area contributed by atoms with Gasteiger partial charge in [-0.15, -0.1) is 0 Å². The second kappa shape index (κ2) is 7.89. The number of aliphatic hydroxyl groups excluding tert-OH is 1. The number of likely N-dealkylation sites (tertiary alicyclic amines) is 1. The van der Waals surface area contributed by atoms with Crippen LogP contribution in [0.1, 0.15) is 25.7 Å². The molecule has 0 radical (unpaired) electrons. The number of anilines is 1. The van der Waals surface area contributed by atoms with E-state index in [0.717, 1.165) is 25.8 Å². The average Bonchev–Trinajstić information content (AvgIpc) is 2.55. The molecular formula is C16H24N2O4. The first-order valence-corrected chi connectivity index (χ1v) is 7.60. The Morgan fingerprint density at radius 3 is 2.77 bits per heavy atom. The summed E-state index contributed by atoms with van der Waals surface area (Å²) in [7, 11) is 3.13. The lowest BCUT2D eigenvalue weighted by atomic mass is 10.0. The van der Waals surface area contributed by atoms with Crippen LogP contribution in [0.25, 0.3) is 0 Å². The Morgan fingerprint density at radius 2 is 2.09 bits per heavy atom. The molecule has 22 heavy (non-hydrogen) atoms. The molecule has 1 aliphatic rings. The van der Waals surface area contributed by atoms with Gasteiger partial charge >= 0.3 is 6.03 Å². The zero-order chi connectivity index (χ0) is 15.9. The van der Waals surface area contributed by atoms with Crippen molar-refractivity contribution < 1.29 is 19.4 Å². The molecular weight excluding hydrogens is 284 g/mol. The molecule has 6 nitrogen and oxygen atoms in total. The fraction of sp³-hybridized carbons (Fsp3) is 0.562. The summed E-state index contributed by atoms with van der Waals surface area (Å²) < 4.78 is 10.4. The summed E-state index contributed by atoms with van der Waals surface area (Å²) in [6, 6.07) is 5.26. The quantitative estimate of drug-likeness (QED) is 0.876. The van der Waals surface area contributed by atoms with E-state index in [1.807, 2.05) is 4.90 Å². The van der Waals surface area contributed by atoms with E-state index < -0.39 is 0 Å². The molecule has 1 unspecified atom stereocenters. The first-order valence-electron chi connectivity index (χ1n) is 7.60. The minimum atomic E-state index is -0.134. The molecule has 1 aromatic rings. The highest BCUT2D eigenvalue weighted by Gasteiger charge is 2.26. The van der Waals surface area contributed by atoms with Crippen molar-refractivity contribution in [3.05, 3.63) is 18.2 Å². The molecule has 0 bridgehead atoms. The molecule has 1 fully saturated rings. The minimum Gasteiger partial charge on any atom is -0.493 e. The van der Waals surface area contributed by atoms with Gasteiger partial charge in [-0.2, -0.15) is 0 Å². The molecule has 2 rings (SSSR count). The van der Waals surface area contributed by atoms with E-state index in [4.69, 9.17) is 14.6 Å². The standard InChI is InChI=1S/C16H24N2O4/c1-21-14-7-6-12(11-15(14)22-2)17-16(20)18-9-4-3-5-13(18)8-10-19/h6-7,11,13,19H,3-5,8-10H2,1-2H3,(H,17,20). The fourth-order valence-corrected chi connectivity index (χ4v) is 2.83. The number of piperidine rings is 1. The maximum absolute atomic E-state index is 12.5. The third kappa shape index (κ3) is 3.82. The Balaban J connectivity index is 2.07. The number of carbonyl (C=O) groups is 1. The third-order valence-corrected chi connectivity index (χ3v) is 3.99. The molecule has 1 aliphatic heterocycles. The van der Waals surface area contributed by atoms with Gasteiger partial charge in [0.25, 0.3) is 0 Å². The van der Waals surface area contributed by atoms with Crippen LogP contribution in [0.2, 0.25) is 0 Å². The number of hydrogen-bond donors (Lipinski definition) is 2. The van der Waals surface area contributed by atoms with Crippen LogP contribution in [0, 0.1) is 0 Å². The number of aliphatic hydroxyl groups is 1. The van der Waals surface area contributed by atoms with Crippen molar-refractivity contribution in [3.8, 4) is 11.5 Å². The molecule has 0 saturated carbocycles. The Labute approximate surface area is 131 Å². The number of benzene rings is 1. The van der Waals surface area contributed by atoms with Crippen molar-refractivity contribution in [1.82, 2.24) is 4.90 Å². The van der Waals surface area contributed by atoms with E-state index in [-0.39, 0.29) is 18.7 Å². The van der Waals surface area contributed by atoms with Gasteiger partial charge in [0.05, 0.1) is 14.2 Å². The van der Waals surface area contributed by atoms with Crippen molar-refractivity contribution in [2.45, 2.75) is 31.7 Å². The first kappa shape index (κ1) is 16.4. The summed E-state index contributed by atoms with van der Waals surface area (Å²) in [5.74, 6) is 1.20. The number of rotatable bonds is 5. The van der Waals surface area contributed by atoms with Gasteiger partial charge in [-0.3, -0.25) is 0 Å². The van der Waals surface area contributed by atoms with E-state index in [1.54, 1.807) is 32.4 Å². The topological polar surface area (TPSA) is 71.0 Å². The molecule has 6 heteroatoms. The van der Waals surface area contributed by atoms with E-state index in [9.17, 15) is 4.79 Å². The van der Waals surface area contributed by atoms with Gasteiger partial charge in [-0.1, -0.05) is 0 Å². The van der Waals surface area contributed by atoms with E-state index in [2.05, 4.69) is 5.32 Å². The van der Waals surface area contributed by atoms with Crippen LogP contribution in [0.3, 0.4) is 0 Å². The lowest BCUT2D eigenvalue weighted by molar-refractivity contribution is 0.141. The van der Waals surface area contributed by atoms with E-state index >= 15 is 0 Å². The lowest BCUT2D eigenvalue weighted by Gasteiger charge is -2.35. The second-order valence-corrected chi connectivity index (χ2v) is 5.36. The van der Waals surface area contributed by atoms with Crippen molar-refractivity contribution in [2.24, 2.45) is 0 Å². The summed E-state index contributed by atoms with van der Waals surface area (Å²) in [6.07, 6.45) is 3.67. The summed E-state index contributed by atoms with van der Waals surface area (Å²) >= 11 is 0. The molecule has 1 aromatic carbocycles. The van der Waals surface area contributed by atoms with Gasteiger partial charge in [0.1, 0.15) is 0 Å². The summed E-state index contributed by atoms with van der Waals surface area (Å²) in [6.45, 7) is 0.828. The normalized spacial score (nSPS) is 18.0. The Morgan fingerprint density at radius 1 is 1.32 bits per heavy atom. The van der Waals surface area contributed by atoms with Gasteiger partial charge in [0, 0.05) is 30.9 Å².